The number of nitrogens with zero attached hydrogens (tertiary/aromatic N) is 1. The van der Waals surface area contributed by atoms with Gasteiger partial charge in [0.2, 0.25) is 11.8 Å². The van der Waals surface area contributed by atoms with Gasteiger partial charge in [-0.3, -0.25) is 9.59 Å². The molecular weight excluding hydrogens is 380 g/mol. The monoisotopic (exact) mass is 404 g/mol. The second-order valence-electron chi connectivity index (χ2n) is 7.33. The molecule has 0 bridgehead atoms. The fraction of sp³-hybridized carbons (Fsp3) is 0.250. The van der Waals surface area contributed by atoms with Gasteiger partial charge in [-0.05, 0) is 28.5 Å². The molecule has 1 atom stereocenters. The Kier molecular flexibility index (Phi) is 5.57. The van der Waals surface area contributed by atoms with Crippen LogP contribution in [0.5, 0.6) is 11.5 Å². The lowest BCUT2D eigenvalue weighted by Gasteiger charge is -2.19. The van der Waals surface area contributed by atoms with Crippen molar-refractivity contribution in [2.24, 2.45) is 0 Å². The number of carbonyl (C=O) groups excluding carboxylic acids is 2. The summed E-state index contributed by atoms with van der Waals surface area (Å²) in [6, 6.07) is 19.1. The Morgan fingerprint density at radius 1 is 1.03 bits per heavy atom. The number of hydrogen-bond acceptors (Lipinski definition) is 4. The highest BCUT2D eigenvalue weighted by atomic mass is 16.5. The molecule has 6 nitrogen and oxygen atoms in total. The molecule has 1 aliphatic rings. The van der Waals surface area contributed by atoms with Crippen LogP contribution in [0.1, 0.15) is 12.0 Å². The zero-order chi connectivity index (χ0) is 21.1. The van der Waals surface area contributed by atoms with Gasteiger partial charge < -0.3 is 19.7 Å². The normalized spacial score (nSPS) is 16.0. The largest absolute Gasteiger partial charge is 0.493 e. The third-order valence-corrected chi connectivity index (χ3v) is 5.40. The highest BCUT2D eigenvalue weighted by Crippen LogP contribution is 2.33. The zero-order valence-corrected chi connectivity index (χ0v) is 17.1. The van der Waals surface area contributed by atoms with E-state index < -0.39 is 0 Å². The summed E-state index contributed by atoms with van der Waals surface area (Å²) in [4.78, 5) is 26.9. The van der Waals surface area contributed by atoms with E-state index in [1.807, 2.05) is 48.5 Å². The van der Waals surface area contributed by atoms with Gasteiger partial charge in [-0.25, -0.2) is 0 Å². The van der Waals surface area contributed by atoms with Gasteiger partial charge in [0, 0.05) is 24.7 Å². The van der Waals surface area contributed by atoms with Crippen molar-refractivity contribution in [3.05, 3.63) is 66.2 Å². The second-order valence-corrected chi connectivity index (χ2v) is 7.33. The van der Waals surface area contributed by atoms with Gasteiger partial charge in [-0.15, -0.1) is 0 Å². The highest BCUT2D eigenvalue weighted by Gasteiger charge is 2.32. The molecule has 0 spiro atoms. The molecule has 0 aromatic heterocycles. The molecule has 4 rings (SSSR count). The first-order chi connectivity index (χ1) is 14.6. The molecule has 6 heteroatoms. The summed E-state index contributed by atoms with van der Waals surface area (Å²) in [6.45, 7) is 0.426. The van der Waals surface area contributed by atoms with Crippen molar-refractivity contribution in [1.82, 2.24) is 5.32 Å². The molecule has 3 aromatic carbocycles. The molecule has 0 radical (unpaired) electrons. The molecule has 30 heavy (non-hydrogen) atoms. The summed E-state index contributed by atoms with van der Waals surface area (Å²) in [5, 5.41) is 5.20. The van der Waals surface area contributed by atoms with Crippen molar-refractivity contribution in [2.75, 3.05) is 25.7 Å². The standard InChI is InChI=1S/C24H24N2O4/c1-29-21-11-10-19(14-22(21)30-2)26-15-18(13-24(26)28)25-23(27)12-17-8-5-7-16-6-3-4-9-20(16)17/h3-11,14,18H,12-13,15H2,1-2H3,(H,25,27)/t18-/m0/s1. The summed E-state index contributed by atoms with van der Waals surface area (Å²) in [5.74, 6) is 1.05. The Bertz CT molecular complexity index is 1090. The Morgan fingerprint density at radius 2 is 1.80 bits per heavy atom. The van der Waals surface area contributed by atoms with Crippen molar-refractivity contribution in [1.29, 1.82) is 0 Å². The van der Waals surface area contributed by atoms with Crippen LogP contribution in [-0.4, -0.2) is 38.6 Å². The molecule has 1 aliphatic heterocycles. The van der Waals surface area contributed by atoms with E-state index in [2.05, 4.69) is 5.32 Å². The van der Waals surface area contributed by atoms with Crippen molar-refractivity contribution < 1.29 is 19.1 Å². The number of fused-ring (bicyclic) bond motifs is 1. The Morgan fingerprint density at radius 3 is 2.60 bits per heavy atom. The minimum absolute atomic E-state index is 0.0299. The van der Waals surface area contributed by atoms with Gasteiger partial charge in [-0.2, -0.15) is 0 Å². The first-order valence-corrected chi connectivity index (χ1v) is 9.87. The van der Waals surface area contributed by atoms with Crippen LogP contribution in [0.25, 0.3) is 10.8 Å². The predicted molar refractivity (Wildman–Crippen MR) is 116 cm³/mol. The molecule has 154 valence electrons. The lowest BCUT2D eigenvalue weighted by atomic mass is 10.0. The molecule has 1 N–H and O–H groups in total. The number of nitrogens with one attached hydrogen (secondary N) is 1. The van der Waals surface area contributed by atoms with Gasteiger partial charge in [0.15, 0.2) is 11.5 Å². The molecule has 0 aliphatic carbocycles. The Hall–Kier alpha value is -3.54. The first kappa shape index (κ1) is 19.8. The Balaban J connectivity index is 1.44. The van der Waals surface area contributed by atoms with Crippen LogP contribution >= 0.6 is 0 Å². The number of hydrogen-bond donors (Lipinski definition) is 1. The molecule has 0 unspecified atom stereocenters. The molecule has 0 saturated carbocycles. The van der Waals surface area contributed by atoms with E-state index in [-0.39, 0.29) is 30.7 Å². The van der Waals surface area contributed by atoms with E-state index in [0.717, 1.165) is 22.0 Å². The molecule has 1 heterocycles. The lowest BCUT2D eigenvalue weighted by Crippen LogP contribution is -2.38. The maximum absolute atomic E-state index is 12.7. The molecule has 2 amide bonds. The van der Waals surface area contributed by atoms with Crippen molar-refractivity contribution in [3.8, 4) is 11.5 Å². The minimum Gasteiger partial charge on any atom is -0.493 e. The van der Waals surface area contributed by atoms with Gasteiger partial charge in [-0.1, -0.05) is 42.5 Å². The number of anilines is 1. The lowest BCUT2D eigenvalue weighted by molar-refractivity contribution is -0.121. The van der Waals surface area contributed by atoms with E-state index in [9.17, 15) is 9.59 Å². The summed E-state index contributed by atoms with van der Waals surface area (Å²) in [6.07, 6.45) is 0.554. The topological polar surface area (TPSA) is 67.9 Å². The third kappa shape index (κ3) is 3.94. The first-order valence-electron chi connectivity index (χ1n) is 9.87. The zero-order valence-electron chi connectivity index (χ0n) is 17.1. The predicted octanol–water partition coefficient (Wildman–Crippen LogP) is 3.32. The second kappa shape index (κ2) is 8.45. The SMILES string of the molecule is COc1ccc(N2C[C@@H](NC(=O)Cc3cccc4ccccc34)CC2=O)cc1OC. The molecule has 3 aromatic rings. The summed E-state index contributed by atoms with van der Waals surface area (Å²) < 4.78 is 10.6. The van der Waals surface area contributed by atoms with Gasteiger partial charge in [0.25, 0.3) is 0 Å². The summed E-state index contributed by atoms with van der Waals surface area (Å²) in [7, 11) is 3.13. The summed E-state index contributed by atoms with van der Waals surface area (Å²) in [5.41, 5.74) is 1.70. The maximum atomic E-state index is 12.7. The quantitative estimate of drug-likeness (QED) is 0.684. The van der Waals surface area contributed by atoms with Gasteiger partial charge in [0.1, 0.15) is 0 Å². The fourth-order valence-electron chi connectivity index (χ4n) is 3.94. The number of methoxy groups -OCH3 is 2. The van der Waals surface area contributed by atoms with E-state index >= 15 is 0 Å². The number of rotatable bonds is 6. The van der Waals surface area contributed by atoms with Crippen LogP contribution in [0.2, 0.25) is 0 Å². The maximum Gasteiger partial charge on any atom is 0.229 e. The number of ether oxygens (including phenoxy) is 2. The van der Waals surface area contributed by atoms with Crippen molar-refractivity contribution in [3.63, 3.8) is 0 Å². The van der Waals surface area contributed by atoms with Crippen LogP contribution in [0.4, 0.5) is 5.69 Å². The van der Waals surface area contributed by atoms with Crippen LogP contribution in [0, 0.1) is 0 Å². The highest BCUT2D eigenvalue weighted by molar-refractivity contribution is 5.97. The van der Waals surface area contributed by atoms with E-state index in [1.165, 1.54) is 0 Å². The minimum atomic E-state index is -0.229. The van der Waals surface area contributed by atoms with Crippen molar-refractivity contribution in [2.45, 2.75) is 18.9 Å². The number of carbonyl (C=O) groups is 2. The molecular formula is C24H24N2O4. The third-order valence-electron chi connectivity index (χ3n) is 5.40. The average molecular weight is 404 g/mol. The smallest absolute Gasteiger partial charge is 0.229 e. The fourth-order valence-corrected chi connectivity index (χ4v) is 3.94. The molecule has 1 saturated heterocycles. The van der Waals surface area contributed by atoms with Crippen LogP contribution in [0.3, 0.4) is 0 Å². The average Bonchev–Trinajstić information content (AvgIpc) is 3.13. The van der Waals surface area contributed by atoms with Crippen molar-refractivity contribution >= 4 is 28.3 Å². The van der Waals surface area contributed by atoms with Gasteiger partial charge >= 0.3 is 0 Å². The van der Waals surface area contributed by atoms with E-state index in [0.29, 0.717) is 18.0 Å². The van der Waals surface area contributed by atoms with E-state index in [1.54, 1.807) is 31.3 Å². The van der Waals surface area contributed by atoms with Crippen LogP contribution < -0.4 is 19.7 Å². The van der Waals surface area contributed by atoms with Gasteiger partial charge in [0.05, 0.1) is 26.7 Å². The summed E-state index contributed by atoms with van der Waals surface area (Å²) >= 11 is 0. The van der Waals surface area contributed by atoms with E-state index in [4.69, 9.17) is 9.47 Å². The molecule has 1 fully saturated rings. The Labute approximate surface area is 175 Å². The number of benzene rings is 3. The number of amides is 2. The van der Waals surface area contributed by atoms with Crippen LogP contribution in [0.15, 0.2) is 60.7 Å². The van der Waals surface area contributed by atoms with Crippen LogP contribution in [-0.2, 0) is 16.0 Å².